The number of carbonyl (C=O) groups excluding carboxylic acids is 2. The summed E-state index contributed by atoms with van der Waals surface area (Å²) in [6.45, 7) is 5.87. The number of amides is 2. The Bertz CT molecular complexity index is 708. The molecule has 0 aromatic heterocycles. The zero-order chi connectivity index (χ0) is 19.2. The summed E-state index contributed by atoms with van der Waals surface area (Å²) in [4.78, 5) is 24.9. The van der Waals surface area contributed by atoms with Crippen molar-refractivity contribution in [2.75, 3.05) is 26.3 Å². The van der Waals surface area contributed by atoms with Gasteiger partial charge in [-0.05, 0) is 32.3 Å². The number of benzene rings is 1. The highest BCUT2D eigenvalue weighted by Crippen LogP contribution is 2.28. The van der Waals surface area contributed by atoms with E-state index in [1.165, 1.54) is 0 Å². The third-order valence-corrected chi connectivity index (χ3v) is 4.76. The van der Waals surface area contributed by atoms with E-state index >= 15 is 0 Å². The highest BCUT2D eigenvalue weighted by molar-refractivity contribution is 5.95. The molecule has 3 N–H and O–H groups in total. The van der Waals surface area contributed by atoms with Crippen LogP contribution in [0.4, 0.5) is 4.79 Å². The Morgan fingerprint density at radius 1 is 1.33 bits per heavy atom. The smallest absolute Gasteiger partial charge is 0.338 e. The van der Waals surface area contributed by atoms with Crippen LogP contribution in [0.5, 0.6) is 0 Å². The van der Waals surface area contributed by atoms with Crippen LogP contribution in [0.15, 0.2) is 35.5 Å². The van der Waals surface area contributed by atoms with Crippen LogP contribution in [0, 0.1) is 6.92 Å². The molecule has 2 aliphatic heterocycles. The summed E-state index contributed by atoms with van der Waals surface area (Å²) in [6, 6.07) is 6.88. The Morgan fingerprint density at radius 2 is 2.11 bits per heavy atom. The van der Waals surface area contributed by atoms with E-state index in [0.29, 0.717) is 24.4 Å². The quantitative estimate of drug-likeness (QED) is 0.636. The van der Waals surface area contributed by atoms with E-state index in [-0.39, 0.29) is 18.7 Å². The molecule has 2 amide bonds. The van der Waals surface area contributed by atoms with Crippen LogP contribution in [-0.4, -0.2) is 44.4 Å². The van der Waals surface area contributed by atoms with Gasteiger partial charge in [0.2, 0.25) is 0 Å². The van der Waals surface area contributed by atoms with Crippen molar-refractivity contribution in [1.29, 1.82) is 0 Å². The Morgan fingerprint density at radius 3 is 2.78 bits per heavy atom. The molecule has 0 aliphatic carbocycles. The fourth-order valence-electron chi connectivity index (χ4n) is 3.38. The molecule has 2 atom stereocenters. The average Bonchev–Trinajstić information content (AvgIpc) is 3.15. The van der Waals surface area contributed by atoms with Crippen molar-refractivity contribution >= 4 is 12.0 Å². The second-order valence-corrected chi connectivity index (χ2v) is 6.82. The summed E-state index contributed by atoms with van der Waals surface area (Å²) in [5.41, 5.74) is 2.93. The van der Waals surface area contributed by atoms with Crippen LogP contribution in [0.25, 0.3) is 0 Å². The van der Waals surface area contributed by atoms with Gasteiger partial charge in [0.1, 0.15) is 0 Å². The van der Waals surface area contributed by atoms with Crippen molar-refractivity contribution in [3.05, 3.63) is 46.7 Å². The highest BCUT2D eigenvalue weighted by atomic mass is 16.5. The van der Waals surface area contributed by atoms with Crippen LogP contribution in [0.2, 0.25) is 0 Å². The first-order valence-corrected chi connectivity index (χ1v) is 9.45. The first kappa shape index (κ1) is 19.4. The predicted molar refractivity (Wildman–Crippen MR) is 101 cm³/mol. The van der Waals surface area contributed by atoms with Gasteiger partial charge in [0.15, 0.2) is 0 Å². The van der Waals surface area contributed by atoms with Crippen molar-refractivity contribution in [2.45, 2.75) is 38.8 Å². The maximum Gasteiger partial charge on any atom is 0.338 e. The van der Waals surface area contributed by atoms with Gasteiger partial charge in [-0.1, -0.05) is 29.8 Å². The fourth-order valence-corrected chi connectivity index (χ4v) is 3.38. The molecule has 7 heteroatoms. The lowest BCUT2D eigenvalue weighted by Crippen LogP contribution is -2.48. The molecule has 27 heavy (non-hydrogen) atoms. The van der Waals surface area contributed by atoms with E-state index in [4.69, 9.17) is 9.47 Å². The molecule has 146 valence electrons. The van der Waals surface area contributed by atoms with Gasteiger partial charge in [-0.25, -0.2) is 9.59 Å². The Kier molecular flexibility index (Phi) is 6.47. The van der Waals surface area contributed by atoms with Crippen molar-refractivity contribution < 1.29 is 19.1 Å². The largest absolute Gasteiger partial charge is 0.463 e. The van der Waals surface area contributed by atoms with Crippen molar-refractivity contribution in [3.8, 4) is 0 Å². The van der Waals surface area contributed by atoms with E-state index in [1.54, 1.807) is 6.92 Å². The second kappa shape index (κ2) is 9.01. The van der Waals surface area contributed by atoms with Crippen molar-refractivity contribution in [2.24, 2.45) is 0 Å². The van der Waals surface area contributed by atoms with Crippen LogP contribution in [0.1, 0.15) is 36.9 Å². The first-order chi connectivity index (χ1) is 13.1. The Hall–Kier alpha value is -2.38. The lowest BCUT2D eigenvalue weighted by atomic mass is 9.94. The summed E-state index contributed by atoms with van der Waals surface area (Å²) in [5.74, 6) is -0.426. The molecule has 1 aromatic carbocycles. The molecular weight excluding hydrogens is 346 g/mol. The van der Waals surface area contributed by atoms with Gasteiger partial charge in [-0.15, -0.1) is 0 Å². The lowest BCUT2D eigenvalue weighted by molar-refractivity contribution is -0.139. The number of urea groups is 1. The zero-order valence-electron chi connectivity index (χ0n) is 15.8. The topological polar surface area (TPSA) is 88.7 Å². The third kappa shape index (κ3) is 4.87. The number of nitrogens with one attached hydrogen (secondary N) is 3. The van der Waals surface area contributed by atoms with E-state index in [1.807, 2.05) is 31.2 Å². The SMILES string of the molecule is CCOC(=O)C1=C(CNCC2CCCO2)NC(=O)NC1c1ccc(C)cc1. The summed E-state index contributed by atoms with van der Waals surface area (Å²) >= 11 is 0. The van der Waals surface area contributed by atoms with Crippen LogP contribution in [-0.2, 0) is 14.3 Å². The van der Waals surface area contributed by atoms with E-state index in [0.717, 1.165) is 30.6 Å². The average molecular weight is 373 g/mol. The number of rotatable bonds is 7. The molecule has 2 heterocycles. The summed E-state index contributed by atoms with van der Waals surface area (Å²) in [7, 11) is 0. The minimum Gasteiger partial charge on any atom is -0.463 e. The number of hydrogen-bond acceptors (Lipinski definition) is 5. The maximum absolute atomic E-state index is 12.7. The molecule has 1 saturated heterocycles. The van der Waals surface area contributed by atoms with E-state index in [9.17, 15) is 9.59 Å². The molecule has 1 fully saturated rings. The standard InChI is InChI=1S/C20H27N3O4/c1-3-26-19(24)17-16(12-21-11-15-5-4-10-27-15)22-20(25)23-18(17)14-8-6-13(2)7-9-14/h6-9,15,18,21H,3-5,10-12H2,1-2H3,(H2,22,23,25). The van der Waals surface area contributed by atoms with Crippen LogP contribution in [0.3, 0.4) is 0 Å². The van der Waals surface area contributed by atoms with Crippen LogP contribution < -0.4 is 16.0 Å². The van der Waals surface area contributed by atoms with Crippen LogP contribution >= 0.6 is 0 Å². The Balaban J connectivity index is 1.84. The van der Waals surface area contributed by atoms with Gasteiger partial charge < -0.3 is 25.4 Å². The zero-order valence-corrected chi connectivity index (χ0v) is 15.8. The molecule has 0 radical (unpaired) electrons. The fraction of sp³-hybridized carbons (Fsp3) is 0.500. The number of ether oxygens (including phenoxy) is 2. The molecule has 1 aromatic rings. The van der Waals surface area contributed by atoms with Gasteiger partial charge in [-0.2, -0.15) is 0 Å². The molecule has 7 nitrogen and oxygen atoms in total. The summed E-state index contributed by atoms with van der Waals surface area (Å²) in [5, 5.41) is 8.90. The van der Waals surface area contributed by atoms with Crippen molar-refractivity contribution in [3.63, 3.8) is 0 Å². The molecule has 0 bridgehead atoms. The van der Waals surface area contributed by atoms with Gasteiger partial charge in [0.05, 0.1) is 24.3 Å². The van der Waals surface area contributed by atoms with Gasteiger partial charge in [0.25, 0.3) is 0 Å². The normalized spacial score (nSPS) is 22.4. The molecule has 3 rings (SSSR count). The molecule has 2 unspecified atom stereocenters. The number of carbonyl (C=O) groups is 2. The lowest BCUT2D eigenvalue weighted by Gasteiger charge is -2.29. The molecule has 2 aliphatic rings. The third-order valence-electron chi connectivity index (χ3n) is 4.76. The number of aryl methyl sites for hydroxylation is 1. The second-order valence-electron chi connectivity index (χ2n) is 6.82. The Labute approximate surface area is 159 Å². The molecular formula is C20H27N3O4. The minimum atomic E-state index is -0.544. The van der Waals surface area contributed by atoms with Crippen molar-refractivity contribution in [1.82, 2.24) is 16.0 Å². The van der Waals surface area contributed by atoms with Gasteiger partial charge in [0, 0.05) is 25.4 Å². The summed E-state index contributed by atoms with van der Waals surface area (Å²) < 4.78 is 10.9. The monoisotopic (exact) mass is 373 g/mol. The summed E-state index contributed by atoms with van der Waals surface area (Å²) in [6.07, 6.45) is 2.28. The van der Waals surface area contributed by atoms with E-state index in [2.05, 4.69) is 16.0 Å². The highest BCUT2D eigenvalue weighted by Gasteiger charge is 2.33. The molecule has 0 spiro atoms. The van der Waals surface area contributed by atoms with E-state index < -0.39 is 12.0 Å². The van der Waals surface area contributed by atoms with Gasteiger partial charge >= 0.3 is 12.0 Å². The number of esters is 1. The predicted octanol–water partition coefficient (Wildman–Crippen LogP) is 1.93. The maximum atomic E-state index is 12.7. The minimum absolute atomic E-state index is 0.182. The first-order valence-electron chi connectivity index (χ1n) is 9.45. The molecule has 0 saturated carbocycles. The number of hydrogen-bond donors (Lipinski definition) is 3. The van der Waals surface area contributed by atoms with Gasteiger partial charge in [-0.3, -0.25) is 0 Å².